The molecule has 1 aromatic carbocycles. The van der Waals surface area contributed by atoms with Crippen molar-refractivity contribution < 1.29 is 4.79 Å². The number of aldehydes is 1. The second kappa shape index (κ2) is 3.53. The number of carbonyl (C=O) groups is 1. The molecule has 1 aliphatic rings. The minimum absolute atomic E-state index is 0.708. The summed E-state index contributed by atoms with van der Waals surface area (Å²) in [5.74, 6) is 0. The van der Waals surface area contributed by atoms with Crippen LogP contribution >= 0.6 is 11.1 Å². The summed E-state index contributed by atoms with van der Waals surface area (Å²) in [5.41, 5.74) is 0.708. The molecular formula is C9H8N2OS. The number of rotatable bonds is 2. The summed E-state index contributed by atoms with van der Waals surface area (Å²) in [6.07, 6.45) is 2.53. The third-order valence-corrected chi connectivity index (χ3v) is 3.35. The molecule has 0 bridgehead atoms. The maximum Gasteiger partial charge on any atom is 0.151 e. The highest BCUT2D eigenvalue weighted by Gasteiger charge is 2.08. The van der Waals surface area contributed by atoms with Gasteiger partial charge in [0, 0.05) is 10.5 Å². The zero-order valence-electron chi connectivity index (χ0n) is 6.79. The van der Waals surface area contributed by atoms with E-state index in [4.69, 9.17) is 0 Å². The lowest BCUT2D eigenvalue weighted by atomic mass is 10.2. The average Bonchev–Trinajstić information content (AvgIpc) is 2.70. The molecule has 0 spiro atoms. The molecule has 0 N–H and O–H groups in total. The molecule has 0 aromatic heterocycles. The van der Waals surface area contributed by atoms with Crippen LogP contribution < -0.4 is 0 Å². The van der Waals surface area contributed by atoms with E-state index in [0.29, 0.717) is 5.56 Å². The van der Waals surface area contributed by atoms with Crippen LogP contribution in [0.3, 0.4) is 0 Å². The maximum absolute atomic E-state index is 10.7. The number of nitrogens with zero attached hydrogens (tertiary/aromatic N) is 2. The standard InChI is InChI=1S/C9H8N2OS/c12-7-8-3-1-2-4-9(8)13-6-5-10-11-13/h1-7,13H. The van der Waals surface area contributed by atoms with E-state index in [1.807, 2.05) is 23.6 Å². The minimum Gasteiger partial charge on any atom is -0.298 e. The van der Waals surface area contributed by atoms with Crippen LogP contribution in [-0.2, 0) is 0 Å². The number of hydrogen-bond donors (Lipinski definition) is 1. The summed E-state index contributed by atoms with van der Waals surface area (Å²) < 4.78 is 4.03. The number of hydrogen-bond acceptors (Lipinski definition) is 3. The monoisotopic (exact) mass is 192 g/mol. The highest BCUT2D eigenvalue weighted by atomic mass is 32.2. The molecule has 4 heteroatoms. The summed E-state index contributed by atoms with van der Waals surface area (Å²) in [7, 11) is 0. The maximum atomic E-state index is 10.7. The van der Waals surface area contributed by atoms with Gasteiger partial charge in [-0.3, -0.25) is 4.79 Å². The lowest BCUT2D eigenvalue weighted by Crippen LogP contribution is -1.85. The van der Waals surface area contributed by atoms with Crippen LogP contribution in [0.15, 0.2) is 50.4 Å². The van der Waals surface area contributed by atoms with Gasteiger partial charge in [0.1, 0.15) is 0 Å². The normalized spacial score (nSPS) is 22.0. The zero-order valence-corrected chi connectivity index (χ0v) is 7.69. The Hall–Kier alpha value is -1.42. The van der Waals surface area contributed by atoms with Crippen LogP contribution in [0, 0.1) is 0 Å². The van der Waals surface area contributed by atoms with Gasteiger partial charge in [0.05, 0.1) is 6.20 Å². The van der Waals surface area contributed by atoms with Gasteiger partial charge in [-0.25, -0.2) is 0 Å². The van der Waals surface area contributed by atoms with E-state index >= 15 is 0 Å². The van der Waals surface area contributed by atoms with Gasteiger partial charge in [-0.05, 0) is 11.5 Å². The second-order valence-corrected chi connectivity index (χ2v) is 4.17. The molecule has 3 nitrogen and oxygen atoms in total. The van der Waals surface area contributed by atoms with Crippen molar-refractivity contribution >= 4 is 17.4 Å². The fourth-order valence-corrected chi connectivity index (χ4v) is 2.44. The number of thiol groups is 1. The van der Waals surface area contributed by atoms with Crippen molar-refractivity contribution in [1.82, 2.24) is 0 Å². The van der Waals surface area contributed by atoms with Gasteiger partial charge >= 0.3 is 0 Å². The lowest BCUT2D eigenvalue weighted by Gasteiger charge is -2.09. The summed E-state index contributed by atoms with van der Waals surface area (Å²) in [4.78, 5) is 11.7. The van der Waals surface area contributed by atoms with E-state index < -0.39 is 11.1 Å². The molecule has 0 saturated heterocycles. The first-order valence-electron chi connectivity index (χ1n) is 3.83. The van der Waals surface area contributed by atoms with Gasteiger partial charge < -0.3 is 0 Å². The molecule has 13 heavy (non-hydrogen) atoms. The highest BCUT2D eigenvalue weighted by Crippen LogP contribution is 2.43. The molecule has 1 aliphatic heterocycles. The van der Waals surface area contributed by atoms with Gasteiger partial charge in [0.2, 0.25) is 0 Å². The Labute approximate surface area is 78.7 Å². The largest absolute Gasteiger partial charge is 0.298 e. The Kier molecular flexibility index (Phi) is 2.23. The van der Waals surface area contributed by atoms with Crippen LogP contribution in [0.4, 0.5) is 0 Å². The number of carbonyl (C=O) groups excluding carboxylic acids is 1. The van der Waals surface area contributed by atoms with Crippen molar-refractivity contribution in [2.45, 2.75) is 4.90 Å². The Balaban J connectivity index is 2.43. The van der Waals surface area contributed by atoms with E-state index in [0.717, 1.165) is 11.2 Å². The third-order valence-electron chi connectivity index (χ3n) is 1.73. The van der Waals surface area contributed by atoms with Gasteiger partial charge in [-0.1, -0.05) is 29.3 Å². The predicted octanol–water partition coefficient (Wildman–Crippen LogP) is 2.71. The fourth-order valence-electron chi connectivity index (χ4n) is 1.13. The Morgan fingerprint density at radius 3 is 2.85 bits per heavy atom. The lowest BCUT2D eigenvalue weighted by molar-refractivity contribution is 0.112. The van der Waals surface area contributed by atoms with E-state index in [1.54, 1.807) is 12.3 Å². The first-order valence-corrected chi connectivity index (χ1v) is 5.19. The minimum atomic E-state index is -0.720. The molecule has 1 aromatic rings. The Morgan fingerprint density at radius 2 is 2.15 bits per heavy atom. The van der Waals surface area contributed by atoms with Crippen LogP contribution in [0.2, 0.25) is 0 Å². The van der Waals surface area contributed by atoms with E-state index in [9.17, 15) is 4.79 Å². The Morgan fingerprint density at radius 1 is 1.31 bits per heavy atom. The third kappa shape index (κ3) is 1.53. The topological polar surface area (TPSA) is 41.8 Å². The average molecular weight is 192 g/mol. The molecule has 0 fully saturated rings. The SMILES string of the molecule is O=Cc1ccccc1[SH]1C=CN=N1. The van der Waals surface area contributed by atoms with Crippen molar-refractivity contribution in [1.29, 1.82) is 0 Å². The zero-order chi connectivity index (χ0) is 9.10. The molecule has 66 valence electrons. The van der Waals surface area contributed by atoms with Gasteiger partial charge in [0.15, 0.2) is 6.29 Å². The molecule has 0 saturated carbocycles. The van der Waals surface area contributed by atoms with E-state index in [-0.39, 0.29) is 0 Å². The van der Waals surface area contributed by atoms with Crippen molar-refractivity contribution in [3.05, 3.63) is 41.4 Å². The second-order valence-electron chi connectivity index (χ2n) is 2.52. The highest BCUT2D eigenvalue weighted by molar-refractivity contribution is 8.18. The molecule has 1 unspecified atom stereocenters. The van der Waals surface area contributed by atoms with E-state index in [1.165, 1.54) is 0 Å². The van der Waals surface area contributed by atoms with Crippen LogP contribution in [0.25, 0.3) is 0 Å². The van der Waals surface area contributed by atoms with Crippen LogP contribution in [0.1, 0.15) is 10.4 Å². The quantitative estimate of drug-likeness (QED) is 0.568. The molecule has 2 rings (SSSR count). The van der Waals surface area contributed by atoms with Crippen molar-refractivity contribution in [2.75, 3.05) is 0 Å². The van der Waals surface area contributed by atoms with Crippen LogP contribution in [-0.4, -0.2) is 6.29 Å². The predicted molar refractivity (Wildman–Crippen MR) is 53.1 cm³/mol. The molecular weight excluding hydrogens is 184 g/mol. The van der Waals surface area contributed by atoms with Gasteiger partial charge in [-0.2, -0.15) is 5.11 Å². The summed E-state index contributed by atoms with van der Waals surface area (Å²) in [5, 5.41) is 5.70. The summed E-state index contributed by atoms with van der Waals surface area (Å²) in [6, 6.07) is 7.47. The first kappa shape index (κ1) is 8.19. The van der Waals surface area contributed by atoms with Gasteiger partial charge in [0.25, 0.3) is 0 Å². The van der Waals surface area contributed by atoms with Crippen molar-refractivity contribution in [2.24, 2.45) is 9.63 Å². The molecule has 0 radical (unpaired) electrons. The number of benzene rings is 1. The first-order chi connectivity index (χ1) is 6.42. The summed E-state index contributed by atoms with van der Waals surface area (Å²) >= 11 is -0.720. The van der Waals surface area contributed by atoms with Crippen molar-refractivity contribution in [3.63, 3.8) is 0 Å². The molecule has 0 aliphatic carbocycles. The summed E-state index contributed by atoms with van der Waals surface area (Å²) in [6.45, 7) is 0. The van der Waals surface area contributed by atoms with Gasteiger partial charge in [-0.15, -0.1) is 4.52 Å². The smallest absolute Gasteiger partial charge is 0.151 e. The molecule has 1 atom stereocenters. The Bertz CT molecular complexity index is 375. The molecule has 0 amide bonds. The van der Waals surface area contributed by atoms with Crippen molar-refractivity contribution in [3.8, 4) is 0 Å². The van der Waals surface area contributed by atoms with E-state index in [2.05, 4.69) is 9.63 Å². The van der Waals surface area contributed by atoms with Crippen LogP contribution in [0.5, 0.6) is 0 Å². The fraction of sp³-hybridized carbons (Fsp3) is 0. The molecule has 1 heterocycles.